The number of amides is 2. The zero-order valence-electron chi connectivity index (χ0n) is 12.1. The molecule has 20 heavy (non-hydrogen) atoms. The third-order valence-corrected chi connectivity index (χ3v) is 3.92. The molecule has 0 spiro atoms. The van der Waals surface area contributed by atoms with Gasteiger partial charge in [-0.1, -0.05) is 13.0 Å². The highest BCUT2D eigenvalue weighted by Crippen LogP contribution is 2.22. The molecular weight excluding hydrogens is 254 g/mol. The highest BCUT2D eigenvalue weighted by atomic mass is 16.2. The maximum absolute atomic E-state index is 12.3. The van der Waals surface area contributed by atoms with Crippen molar-refractivity contribution >= 4 is 17.5 Å². The van der Waals surface area contributed by atoms with Crippen LogP contribution in [-0.2, 0) is 4.79 Å². The first-order valence-electron chi connectivity index (χ1n) is 6.88. The second kappa shape index (κ2) is 6.05. The van der Waals surface area contributed by atoms with E-state index in [0.717, 1.165) is 12.1 Å². The number of rotatable bonds is 3. The molecule has 0 aromatic heterocycles. The van der Waals surface area contributed by atoms with Crippen molar-refractivity contribution in [3.63, 3.8) is 0 Å². The second-order valence-corrected chi connectivity index (χ2v) is 5.29. The minimum absolute atomic E-state index is 0.0136. The molecule has 2 amide bonds. The van der Waals surface area contributed by atoms with Crippen LogP contribution in [0.3, 0.4) is 0 Å². The summed E-state index contributed by atoms with van der Waals surface area (Å²) >= 11 is 0. The molecule has 1 aromatic carbocycles. The summed E-state index contributed by atoms with van der Waals surface area (Å²) in [6.45, 7) is 5.49. The number of carbonyl (C=O) groups excluding carboxylic acids is 2. The lowest BCUT2D eigenvalue weighted by molar-refractivity contribution is -0.120. The summed E-state index contributed by atoms with van der Waals surface area (Å²) in [4.78, 5) is 24.0. The molecule has 0 unspecified atom stereocenters. The molecule has 1 fully saturated rings. The predicted molar refractivity (Wildman–Crippen MR) is 78.7 cm³/mol. The van der Waals surface area contributed by atoms with E-state index in [1.165, 1.54) is 0 Å². The molecular formula is C15H21N3O2. The van der Waals surface area contributed by atoms with Gasteiger partial charge in [-0.25, -0.2) is 0 Å². The Kier molecular flexibility index (Phi) is 4.39. The van der Waals surface area contributed by atoms with Crippen LogP contribution in [0.25, 0.3) is 0 Å². The van der Waals surface area contributed by atoms with Crippen LogP contribution in [0.15, 0.2) is 18.2 Å². The lowest BCUT2D eigenvalue weighted by Crippen LogP contribution is -2.28. The molecule has 3 N–H and O–H groups in total. The van der Waals surface area contributed by atoms with Gasteiger partial charge in [-0.2, -0.15) is 0 Å². The number of anilines is 1. The van der Waals surface area contributed by atoms with Crippen LogP contribution in [-0.4, -0.2) is 32.0 Å². The van der Waals surface area contributed by atoms with E-state index in [1.807, 2.05) is 13.0 Å². The minimum atomic E-state index is -0.144. The summed E-state index contributed by atoms with van der Waals surface area (Å²) in [5.74, 6) is 0.185. The van der Waals surface area contributed by atoms with Gasteiger partial charge in [-0.05, 0) is 37.1 Å². The lowest BCUT2D eigenvalue weighted by Gasteiger charge is -2.16. The summed E-state index contributed by atoms with van der Waals surface area (Å²) in [7, 11) is 1.60. The third kappa shape index (κ3) is 2.82. The minimum Gasteiger partial charge on any atom is -0.355 e. The van der Waals surface area contributed by atoms with E-state index in [1.54, 1.807) is 19.2 Å². The molecule has 1 aliphatic rings. The first kappa shape index (κ1) is 14.5. The van der Waals surface area contributed by atoms with Gasteiger partial charge < -0.3 is 16.0 Å². The van der Waals surface area contributed by atoms with E-state index in [2.05, 4.69) is 22.9 Å². The van der Waals surface area contributed by atoms with Crippen LogP contribution in [0.2, 0.25) is 0 Å². The molecule has 1 saturated heterocycles. The van der Waals surface area contributed by atoms with Crippen molar-refractivity contribution in [2.24, 2.45) is 11.8 Å². The molecule has 5 heteroatoms. The van der Waals surface area contributed by atoms with Gasteiger partial charge in [0.1, 0.15) is 0 Å². The van der Waals surface area contributed by atoms with Gasteiger partial charge in [-0.15, -0.1) is 0 Å². The van der Waals surface area contributed by atoms with Gasteiger partial charge in [0.05, 0.1) is 5.92 Å². The van der Waals surface area contributed by atoms with Gasteiger partial charge in [-0.3, -0.25) is 9.59 Å². The quantitative estimate of drug-likeness (QED) is 0.775. The maximum atomic E-state index is 12.3. The molecule has 1 aromatic rings. The highest BCUT2D eigenvalue weighted by Gasteiger charge is 2.29. The van der Waals surface area contributed by atoms with E-state index in [9.17, 15) is 9.59 Å². The van der Waals surface area contributed by atoms with Crippen LogP contribution in [0.5, 0.6) is 0 Å². The topological polar surface area (TPSA) is 70.2 Å². The van der Waals surface area contributed by atoms with Crippen molar-refractivity contribution < 1.29 is 9.59 Å². The Labute approximate surface area is 119 Å². The Hall–Kier alpha value is -1.88. The molecule has 108 valence electrons. The Morgan fingerprint density at radius 3 is 2.65 bits per heavy atom. The Bertz CT molecular complexity index is 528. The summed E-state index contributed by atoms with van der Waals surface area (Å²) in [5, 5.41) is 8.76. The number of nitrogens with one attached hydrogen (secondary N) is 3. The number of carbonyl (C=O) groups is 2. The monoisotopic (exact) mass is 275 g/mol. The van der Waals surface area contributed by atoms with Crippen LogP contribution in [0.1, 0.15) is 22.8 Å². The van der Waals surface area contributed by atoms with Gasteiger partial charge >= 0.3 is 0 Å². The fraction of sp³-hybridized carbons (Fsp3) is 0.467. The van der Waals surface area contributed by atoms with Gasteiger partial charge in [0, 0.05) is 24.8 Å². The van der Waals surface area contributed by atoms with Gasteiger partial charge in [0.2, 0.25) is 5.91 Å². The Morgan fingerprint density at radius 2 is 2.05 bits per heavy atom. The van der Waals surface area contributed by atoms with E-state index in [4.69, 9.17) is 0 Å². The second-order valence-electron chi connectivity index (χ2n) is 5.29. The van der Waals surface area contributed by atoms with E-state index < -0.39 is 0 Å². The van der Waals surface area contributed by atoms with Gasteiger partial charge in [0.25, 0.3) is 5.91 Å². The first-order valence-corrected chi connectivity index (χ1v) is 6.88. The number of hydrogen-bond donors (Lipinski definition) is 3. The van der Waals surface area contributed by atoms with E-state index >= 15 is 0 Å². The SMILES string of the molecule is CNC(=O)c1cccc(NC(=O)[C@@H]2CNC[C@H]2C)c1C. The van der Waals surface area contributed by atoms with Gasteiger partial charge in [0.15, 0.2) is 0 Å². The summed E-state index contributed by atoms with van der Waals surface area (Å²) in [6.07, 6.45) is 0. The van der Waals surface area contributed by atoms with Crippen molar-refractivity contribution in [3.05, 3.63) is 29.3 Å². The van der Waals surface area contributed by atoms with Crippen LogP contribution in [0, 0.1) is 18.8 Å². The van der Waals surface area contributed by atoms with Crippen molar-refractivity contribution in [2.45, 2.75) is 13.8 Å². The molecule has 5 nitrogen and oxygen atoms in total. The average Bonchev–Trinajstić information content (AvgIpc) is 2.86. The van der Waals surface area contributed by atoms with Crippen LogP contribution >= 0.6 is 0 Å². The average molecular weight is 275 g/mol. The summed E-state index contributed by atoms with van der Waals surface area (Å²) < 4.78 is 0. The fourth-order valence-electron chi connectivity index (χ4n) is 2.54. The summed E-state index contributed by atoms with van der Waals surface area (Å²) in [5.41, 5.74) is 2.08. The Balaban J connectivity index is 2.17. The molecule has 0 radical (unpaired) electrons. The maximum Gasteiger partial charge on any atom is 0.251 e. The normalized spacial score (nSPS) is 21.6. The molecule has 1 heterocycles. The molecule has 0 aliphatic carbocycles. The van der Waals surface area contributed by atoms with Crippen molar-refractivity contribution in [1.82, 2.24) is 10.6 Å². The molecule has 0 saturated carbocycles. The highest BCUT2D eigenvalue weighted by molar-refractivity contribution is 5.99. The zero-order chi connectivity index (χ0) is 14.7. The summed E-state index contributed by atoms with van der Waals surface area (Å²) in [6, 6.07) is 5.36. The molecule has 2 atom stereocenters. The number of hydrogen-bond acceptors (Lipinski definition) is 3. The van der Waals surface area contributed by atoms with Crippen LogP contribution < -0.4 is 16.0 Å². The van der Waals surface area contributed by atoms with E-state index in [-0.39, 0.29) is 17.7 Å². The van der Waals surface area contributed by atoms with Crippen LogP contribution in [0.4, 0.5) is 5.69 Å². The standard InChI is InChI=1S/C15H21N3O2/c1-9-7-17-8-12(9)15(20)18-13-6-4-5-11(10(13)2)14(19)16-3/h4-6,9,12,17H,7-8H2,1-3H3,(H,16,19)(H,18,20)/t9-,12-/m1/s1. The van der Waals surface area contributed by atoms with Crippen molar-refractivity contribution in [2.75, 3.05) is 25.5 Å². The fourth-order valence-corrected chi connectivity index (χ4v) is 2.54. The van der Waals surface area contributed by atoms with E-state index in [0.29, 0.717) is 23.7 Å². The zero-order valence-corrected chi connectivity index (χ0v) is 12.1. The largest absolute Gasteiger partial charge is 0.355 e. The van der Waals surface area contributed by atoms with Crippen molar-refractivity contribution in [1.29, 1.82) is 0 Å². The number of benzene rings is 1. The molecule has 0 bridgehead atoms. The first-order chi connectivity index (χ1) is 9.54. The molecule has 1 aliphatic heterocycles. The van der Waals surface area contributed by atoms with Crippen molar-refractivity contribution in [3.8, 4) is 0 Å². The smallest absolute Gasteiger partial charge is 0.251 e. The lowest BCUT2D eigenvalue weighted by atomic mass is 9.97. The Morgan fingerprint density at radius 1 is 1.30 bits per heavy atom. The third-order valence-electron chi connectivity index (χ3n) is 3.92. The molecule has 2 rings (SSSR count). The predicted octanol–water partition coefficient (Wildman–Crippen LogP) is 1.15.